The summed E-state index contributed by atoms with van der Waals surface area (Å²) in [6, 6.07) is 19.5. The molecule has 0 N–H and O–H groups in total. The molecule has 5 nitrogen and oxygen atoms in total. The third-order valence-corrected chi connectivity index (χ3v) is 5.89. The number of para-hydroxylation sites is 1. The van der Waals surface area contributed by atoms with Crippen LogP contribution in [0.4, 0.5) is 5.69 Å². The third kappa shape index (κ3) is 3.23. The van der Waals surface area contributed by atoms with Crippen molar-refractivity contribution in [3.05, 3.63) is 93.3 Å². The van der Waals surface area contributed by atoms with Crippen molar-refractivity contribution in [2.75, 3.05) is 4.90 Å². The molecule has 28 heavy (non-hydrogen) atoms. The number of anilines is 1. The van der Waals surface area contributed by atoms with E-state index in [4.69, 9.17) is 0 Å². The van der Waals surface area contributed by atoms with Gasteiger partial charge in [-0.2, -0.15) is 0 Å². The van der Waals surface area contributed by atoms with Crippen molar-refractivity contribution in [2.45, 2.75) is 13.5 Å². The Bertz CT molecular complexity index is 1200. The zero-order chi connectivity index (χ0) is 19.7. The second-order valence-corrected chi connectivity index (χ2v) is 7.61. The van der Waals surface area contributed by atoms with Crippen LogP contribution in [0.3, 0.4) is 0 Å². The van der Waals surface area contributed by atoms with E-state index in [2.05, 4.69) is 4.98 Å². The quantitative estimate of drug-likeness (QED) is 0.527. The van der Waals surface area contributed by atoms with Gasteiger partial charge in [0.25, 0.3) is 11.5 Å². The van der Waals surface area contributed by atoms with Gasteiger partial charge in [-0.25, -0.2) is 4.98 Å². The van der Waals surface area contributed by atoms with Crippen molar-refractivity contribution in [1.82, 2.24) is 9.55 Å². The third-order valence-electron chi connectivity index (χ3n) is 4.70. The van der Waals surface area contributed by atoms with Crippen LogP contribution in [-0.2, 0) is 13.6 Å². The van der Waals surface area contributed by atoms with Gasteiger partial charge in [-0.3, -0.25) is 9.59 Å². The maximum atomic E-state index is 13.5. The smallest absolute Gasteiger partial charge is 0.269 e. The minimum absolute atomic E-state index is 0.127. The molecule has 0 saturated heterocycles. The summed E-state index contributed by atoms with van der Waals surface area (Å²) in [4.78, 5) is 33.3. The summed E-state index contributed by atoms with van der Waals surface area (Å²) in [6.45, 7) is 2.27. The Morgan fingerprint density at radius 2 is 1.71 bits per heavy atom. The van der Waals surface area contributed by atoms with Gasteiger partial charge in [0, 0.05) is 12.7 Å². The van der Waals surface area contributed by atoms with Crippen LogP contribution in [0.15, 0.2) is 71.8 Å². The molecule has 2 aromatic heterocycles. The summed E-state index contributed by atoms with van der Waals surface area (Å²) < 4.78 is 1.44. The molecule has 0 aliphatic rings. The summed E-state index contributed by atoms with van der Waals surface area (Å²) in [5.74, 6) is -0.127. The van der Waals surface area contributed by atoms with Crippen molar-refractivity contribution in [1.29, 1.82) is 0 Å². The van der Waals surface area contributed by atoms with Crippen molar-refractivity contribution >= 4 is 33.1 Å². The van der Waals surface area contributed by atoms with E-state index in [9.17, 15) is 9.59 Å². The first-order valence-electron chi connectivity index (χ1n) is 8.92. The standard InChI is InChI=1S/C22H19N3O2S/c1-15-18-20(23-14-24(2)21(18)26)28-19(15)22(27)25(17-11-7-4-8-12-17)13-16-9-5-3-6-10-16/h3-12,14H,13H2,1-2H3. The maximum Gasteiger partial charge on any atom is 0.269 e. The largest absolute Gasteiger partial charge is 0.303 e. The van der Waals surface area contributed by atoms with E-state index in [-0.39, 0.29) is 11.5 Å². The molecule has 4 rings (SSSR count). The predicted octanol–water partition coefficient (Wildman–Crippen LogP) is 4.15. The Morgan fingerprint density at radius 1 is 1.07 bits per heavy atom. The molecule has 0 spiro atoms. The minimum atomic E-state index is -0.132. The van der Waals surface area contributed by atoms with E-state index >= 15 is 0 Å². The first-order chi connectivity index (χ1) is 13.6. The molecular weight excluding hydrogens is 370 g/mol. The Labute approximate surface area is 166 Å². The van der Waals surface area contributed by atoms with Crippen LogP contribution in [0.1, 0.15) is 20.8 Å². The molecule has 0 unspecified atom stereocenters. The first kappa shape index (κ1) is 18.1. The summed E-state index contributed by atoms with van der Waals surface area (Å²) >= 11 is 1.27. The van der Waals surface area contributed by atoms with Crippen molar-refractivity contribution in [3.8, 4) is 0 Å². The van der Waals surface area contributed by atoms with E-state index in [1.54, 1.807) is 11.9 Å². The Balaban J connectivity index is 1.82. The zero-order valence-electron chi connectivity index (χ0n) is 15.6. The molecule has 6 heteroatoms. The van der Waals surface area contributed by atoms with Crippen LogP contribution < -0.4 is 10.5 Å². The fourth-order valence-corrected chi connectivity index (χ4v) is 4.28. The number of rotatable bonds is 4. The monoisotopic (exact) mass is 389 g/mol. The van der Waals surface area contributed by atoms with Crippen LogP contribution in [0.5, 0.6) is 0 Å². The number of carbonyl (C=O) groups is 1. The highest BCUT2D eigenvalue weighted by molar-refractivity contribution is 7.20. The summed E-state index contributed by atoms with van der Waals surface area (Å²) in [5, 5.41) is 0.520. The highest BCUT2D eigenvalue weighted by Gasteiger charge is 2.24. The molecule has 0 fully saturated rings. The number of fused-ring (bicyclic) bond motifs is 1. The molecule has 2 heterocycles. The normalized spacial score (nSPS) is 10.9. The van der Waals surface area contributed by atoms with Crippen molar-refractivity contribution in [3.63, 3.8) is 0 Å². The number of aryl methyl sites for hydroxylation is 2. The Hall–Kier alpha value is -3.25. The number of nitrogens with zero attached hydrogens (tertiary/aromatic N) is 3. The number of hydrogen-bond acceptors (Lipinski definition) is 4. The van der Waals surface area contributed by atoms with Gasteiger partial charge >= 0.3 is 0 Å². The van der Waals surface area contributed by atoms with Gasteiger partial charge in [0.1, 0.15) is 4.83 Å². The molecule has 0 aliphatic heterocycles. The molecule has 2 aromatic carbocycles. The molecule has 0 bridgehead atoms. The minimum Gasteiger partial charge on any atom is -0.303 e. The highest BCUT2D eigenvalue weighted by Crippen LogP contribution is 2.30. The summed E-state index contributed by atoms with van der Waals surface area (Å²) in [5.41, 5.74) is 2.40. The molecule has 140 valence electrons. The lowest BCUT2D eigenvalue weighted by Gasteiger charge is -2.23. The lowest BCUT2D eigenvalue weighted by Crippen LogP contribution is -2.30. The summed E-state index contributed by atoms with van der Waals surface area (Å²) in [6.07, 6.45) is 1.49. The highest BCUT2D eigenvalue weighted by atomic mass is 32.1. The SMILES string of the molecule is Cc1c(C(=O)N(Cc2ccccc2)c2ccccc2)sc2ncn(C)c(=O)c12. The molecule has 0 radical (unpaired) electrons. The van der Waals surface area contributed by atoms with E-state index in [1.807, 2.05) is 67.6 Å². The van der Waals surface area contributed by atoms with Crippen LogP contribution in [0.25, 0.3) is 10.2 Å². The van der Waals surface area contributed by atoms with Gasteiger partial charge < -0.3 is 9.47 Å². The lowest BCUT2D eigenvalue weighted by molar-refractivity contribution is 0.0988. The number of benzene rings is 2. The van der Waals surface area contributed by atoms with Gasteiger partial charge in [0.15, 0.2) is 0 Å². The average molecular weight is 389 g/mol. The molecule has 0 atom stereocenters. The predicted molar refractivity (Wildman–Crippen MR) is 113 cm³/mol. The number of carbonyl (C=O) groups excluding carboxylic acids is 1. The van der Waals surface area contributed by atoms with Crippen LogP contribution in [0, 0.1) is 6.92 Å². The second-order valence-electron chi connectivity index (χ2n) is 6.61. The Morgan fingerprint density at radius 3 is 2.39 bits per heavy atom. The van der Waals surface area contributed by atoms with Crippen molar-refractivity contribution in [2.24, 2.45) is 7.05 Å². The van der Waals surface area contributed by atoms with Gasteiger partial charge in [-0.05, 0) is 30.2 Å². The molecule has 1 amide bonds. The van der Waals surface area contributed by atoms with E-state index in [0.29, 0.717) is 27.2 Å². The van der Waals surface area contributed by atoms with Gasteiger partial charge in [0.2, 0.25) is 0 Å². The maximum absolute atomic E-state index is 13.5. The van der Waals surface area contributed by atoms with Gasteiger partial charge in [-0.1, -0.05) is 48.5 Å². The lowest BCUT2D eigenvalue weighted by atomic mass is 10.1. The number of thiophene rings is 1. The van der Waals surface area contributed by atoms with Gasteiger partial charge in [-0.15, -0.1) is 11.3 Å². The topological polar surface area (TPSA) is 55.2 Å². The van der Waals surface area contributed by atoms with E-state index < -0.39 is 0 Å². The first-order valence-corrected chi connectivity index (χ1v) is 9.73. The Kier molecular flexibility index (Phi) is 4.79. The zero-order valence-corrected chi connectivity index (χ0v) is 16.4. The molecule has 0 aliphatic carbocycles. The second kappa shape index (κ2) is 7.40. The van der Waals surface area contributed by atoms with Crippen LogP contribution in [0.2, 0.25) is 0 Å². The van der Waals surface area contributed by atoms with Crippen LogP contribution in [-0.4, -0.2) is 15.5 Å². The number of amides is 1. The van der Waals surface area contributed by atoms with E-state index in [1.165, 1.54) is 22.2 Å². The fourth-order valence-electron chi connectivity index (χ4n) is 3.19. The van der Waals surface area contributed by atoms with E-state index in [0.717, 1.165) is 11.3 Å². The fraction of sp³-hybridized carbons (Fsp3) is 0.136. The van der Waals surface area contributed by atoms with Crippen molar-refractivity contribution < 1.29 is 4.79 Å². The molecule has 4 aromatic rings. The number of hydrogen-bond donors (Lipinski definition) is 0. The summed E-state index contributed by atoms with van der Waals surface area (Å²) in [7, 11) is 1.67. The molecule has 0 saturated carbocycles. The average Bonchev–Trinajstić information content (AvgIpc) is 3.07. The number of aromatic nitrogens is 2. The van der Waals surface area contributed by atoms with Crippen LogP contribution >= 0.6 is 11.3 Å². The van der Waals surface area contributed by atoms with Gasteiger partial charge in [0.05, 0.1) is 23.1 Å². The molecular formula is C22H19N3O2S.